The van der Waals surface area contributed by atoms with Crippen LogP contribution in [0.2, 0.25) is 5.02 Å². The topological polar surface area (TPSA) is 41.6 Å². The number of ether oxygens (including phenoxy) is 1. The summed E-state index contributed by atoms with van der Waals surface area (Å²) in [6.45, 7) is 3.63. The van der Waals surface area contributed by atoms with Crippen LogP contribution >= 0.6 is 11.6 Å². The molecule has 0 spiro atoms. The van der Waals surface area contributed by atoms with Crippen molar-refractivity contribution >= 4 is 17.5 Å². The zero-order valence-electron chi connectivity index (χ0n) is 15.0. The Morgan fingerprint density at radius 1 is 1.24 bits per heavy atom. The van der Waals surface area contributed by atoms with Crippen LogP contribution in [0.1, 0.15) is 24.0 Å². The van der Waals surface area contributed by atoms with Crippen molar-refractivity contribution in [3.63, 3.8) is 0 Å². The number of amides is 1. The van der Waals surface area contributed by atoms with Crippen molar-refractivity contribution < 1.29 is 9.53 Å². The summed E-state index contributed by atoms with van der Waals surface area (Å²) in [6.07, 6.45) is 0. The van der Waals surface area contributed by atoms with E-state index in [2.05, 4.69) is 24.4 Å². The Hall–Kier alpha value is -2.04. The molecule has 0 bridgehead atoms. The number of likely N-dealkylation sites (N-methyl/N-ethyl adjacent to an activating group) is 1. The van der Waals surface area contributed by atoms with Gasteiger partial charge in [0.25, 0.3) is 0 Å². The zero-order chi connectivity index (χ0) is 18.2. The molecule has 1 atom stereocenters. The van der Waals surface area contributed by atoms with Crippen molar-refractivity contribution in [2.45, 2.75) is 19.4 Å². The van der Waals surface area contributed by atoms with Crippen molar-refractivity contribution in [2.75, 3.05) is 27.2 Å². The van der Waals surface area contributed by atoms with Gasteiger partial charge in [0.15, 0.2) is 0 Å². The molecule has 1 amide bonds. The predicted molar refractivity (Wildman–Crippen MR) is 102 cm³/mol. The van der Waals surface area contributed by atoms with Crippen LogP contribution in [0.15, 0.2) is 48.5 Å². The first-order valence-electron chi connectivity index (χ1n) is 8.32. The molecule has 0 aliphatic heterocycles. The van der Waals surface area contributed by atoms with Gasteiger partial charge in [-0.2, -0.15) is 0 Å². The van der Waals surface area contributed by atoms with Crippen LogP contribution < -0.4 is 10.1 Å². The molecular formula is C20H25ClN2O2. The summed E-state index contributed by atoms with van der Waals surface area (Å²) in [7, 11) is 3.53. The lowest BCUT2D eigenvalue weighted by Gasteiger charge is -2.19. The number of methoxy groups -OCH3 is 1. The molecule has 5 heteroatoms. The van der Waals surface area contributed by atoms with Gasteiger partial charge in [0.2, 0.25) is 5.91 Å². The Bertz CT molecular complexity index is 691. The molecule has 2 aromatic rings. The summed E-state index contributed by atoms with van der Waals surface area (Å²) >= 11 is 6.05. The minimum atomic E-state index is 0.00581. The number of rotatable bonds is 8. The molecule has 0 aliphatic rings. The van der Waals surface area contributed by atoms with Crippen LogP contribution in [-0.2, 0) is 11.3 Å². The maximum Gasteiger partial charge on any atom is 0.234 e. The number of carbonyl (C=O) groups is 1. The average molecular weight is 361 g/mol. The highest BCUT2D eigenvalue weighted by atomic mass is 35.5. The van der Waals surface area contributed by atoms with Gasteiger partial charge in [0, 0.05) is 23.7 Å². The minimum absolute atomic E-state index is 0.00581. The van der Waals surface area contributed by atoms with Crippen LogP contribution in [-0.4, -0.2) is 38.1 Å². The lowest BCUT2D eigenvalue weighted by atomic mass is 10.0. The highest BCUT2D eigenvalue weighted by Crippen LogP contribution is 2.23. The molecule has 0 heterocycles. The molecule has 4 nitrogen and oxygen atoms in total. The highest BCUT2D eigenvalue weighted by Gasteiger charge is 2.12. The summed E-state index contributed by atoms with van der Waals surface area (Å²) in [5.74, 6) is 1.06. The number of benzene rings is 2. The summed E-state index contributed by atoms with van der Waals surface area (Å²) in [5.41, 5.74) is 2.18. The minimum Gasteiger partial charge on any atom is -0.496 e. The molecule has 0 unspecified atom stereocenters. The smallest absolute Gasteiger partial charge is 0.234 e. The molecule has 134 valence electrons. The second-order valence-electron chi connectivity index (χ2n) is 6.24. The summed E-state index contributed by atoms with van der Waals surface area (Å²) in [4.78, 5) is 14.1. The van der Waals surface area contributed by atoms with Gasteiger partial charge in [-0.1, -0.05) is 48.9 Å². The monoisotopic (exact) mass is 360 g/mol. The lowest BCUT2D eigenvalue weighted by molar-refractivity contribution is -0.122. The zero-order valence-corrected chi connectivity index (χ0v) is 15.7. The molecule has 25 heavy (non-hydrogen) atoms. The van der Waals surface area contributed by atoms with Gasteiger partial charge < -0.3 is 10.1 Å². The first-order chi connectivity index (χ1) is 12.0. The molecule has 2 rings (SSSR count). The number of hydrogen-bond acceptors (Lipinski definition) is 3. The first kappa shape index (κ1) is 19.3. The summed E-state index contributed by atoms with van der Waals surface area (Å²) < 4.78 is 5.35. The van der Waals surface area contributed by atoms with Gasteiger partial charge in [-0.05, 0) is 36.7 Å². The van der Waals surface area contributed by atoms with Gasteiger partial charge in [0.05, 0.1) is 13.7 Å². The van der Waals surface area contributed by atoms with Crippen molar-refractivity contribution in [2.24, 2.45) is 0 Å². The second-order valence-corrected chi connectivity index (χ2v) is 6.68. The van der Waals surface area contributed by atoms with E-state index in [1.807, 2.05) is 42.3 Å². The molecule has 2 aromatic carbocycles. The highest BCUT2D eigenvalue weighted by molar-refractivity contribution is 6.30. The quantitative estimate of drug-likeness (QED) is 0.780. The fraction of sp³-hybridized carbons (Fsp3) is 0.350. The molecule has 0 saturated heterocycles. The van der Waals surface area contributed by atoms with Crippen molar-refractivity contribution in [1.82, 2.24) is 10.2 Å². The van der Waals surface area contributed by atoms with Gasteiger partial charge in [-0.15, -0.1) is 0 Å². The maximum atomic E-state index is 12.2. The van der Waals surface area contributed by atoms with Gasteiger partial charge in [-0.25, -0.2) is 0 Å². The molecule has 0 fully saturated rings. The van der Waals surface area contributed by atoms with E-state index in [0.717, 1.165) is 11.3 Å². The molecule has 0 saturated carbocycles. The molecule has 0 aliphatic carbocycles. The standard InChI is InChI=1S/C20H25ClN2O2/c1-15(16-7-5-4-6-8-16)12-22-20(24)14-23(2)13-17-11-18(21)9-10-19(17)25-3/h4-11,15H,12-14H2,1-3H3,(H,22,24)/t15-/m1/s1. The number of halogens is 1. The molecular weight excluding hydrogens is 336 g/mol. The van der Waals surface area contributed by atoms with Gasteiger partial charge in [0.1, 0.15) is 5.75 Å². The average Bonchev–Trinajstić information content (AvgIpc) is 2.60. The van der Waals surface area contributed by atoms with E-state index >= 15 is 0 Å². The largest absolute Gasteiger partial charge is 0.496 e. The van der Waals surface area contributed by atoms with Crippen LogP contribution in [0.3, 0.4) is 0 Å². The third-order valence-corrected chi connectivity index (χ3v) is 4.31. The van der Waals surface area contributed by atoms with E-state index in [4.69, 9.17) is 16.3 Å². The Morgan fingerprint density at radius 3 is 2.64 bits per heavy atom. The molecule has 1 N–H and O–H groups in total. The fourth-order valence-electron chi connectivity index (χ4n) is 2.68. The number of hydrogen-bond donors (Lipinski definition) is 1. The predicted octanol–water partition coefficient (Wildman–Crippen LogP) is 3.70. The van der Waals surface area contributed by atoms with Crippen molar-refractivity contribution in [3.05, 3.63) is 64.7 Å². The lowest BCUT2D eigenvalue weighted by Crippen LogP contribution is -2.36. The van der Waals surface area contributed by atoms with E-state index < -0.39 is 0 Å². The van der Waals surface area contributed by atoms with Crippen LogP contribution in [0.25, 0.3) is 0 Å². The van der Waals surface area contributed by atoms with Crippen LogP contribution in [0, 0.1) is 0 Å². The van der Waals surface area contributed by atoms with Crippen LogP contribution in [0.5, 0.6) is 5.75 Å². The fourth-order valence-corrected chi connectivity index (χ4v) is 2.88. The number of carbonyl (C=O) groups excluding carboxylic acids is 1. The van der Waals surface area contributed by atoms with Gasteiger partial charge in [-0.3, -0.25) is 9.69 Å². The number of nitrogens with one attached hydrogen (secondary N) is 1. The van der Waals surface area contributed by atoms with E-state index in [-0.39, 0.29) is 11.8 Å². The van der Waals surface area contributed by atoms with Crippen molar-refractivity contribution in [3.8, 4) is 5.75 Å². The Labute approximate surface area is 154 Å². The van der Waals surface area contributed by atoms with Crippen LogP contribution in [0.4, 0.5) is 0 Å². The Balaban J connectivity index is 1.83. The third-order valence-electron chi connectivity index (χ3n) is 4.07. The van der Waals surface area contributed by atoms with E-state index in [1.165, 1.54) is 5.56 Å². The summed E-state index contributed by atoms with van der Waals surface area (Å²) in [5, 5.41) is 3.66. The maximum absolute atomic E-state index is 12.2. The van der Waals surface area contributed by atoms with Crippen molar-refractivity contribution in [1.29, 1.82) is 0 Å². The summed E-state index contributed by atoms with van der Waals surface area (Å²) in [6, 6.07) is 15.7. The third kappa shape index (κ3) is 6.07. The number of nitrogens with zero attached hydrogens (tertiary/aromatic N) is 1. The van der Waals surface area contributed by atoms with E-state index in [1.54, 1.807) is 13.2 Å². The second kappa shape index (κ2) is 9.44. The first-order valence-corrected chi connectivity index (χ1v) is 8.70. The van der Waals surface area contributed by atoms with Gasteiger partial charge >= 0.3 is 0 Å². The van der Waals surface area contributed by atoms with E-state index in [9.17, 15) is 4.79 Å². The Kier molecular flexibility index (Phi) is 7.29. The SMILES string of the molecule is COc1ccc(Cl)cc1CN(C)CC(=O)NC[C@@H](C)c1ccccc1. The van der Waals surface area contributed by atoms with E-state index in [0.29, 0.717) is 24.7 Å². The Morgan fingerprint density at radius 2 is 1.96 bits per heavy atom. The normalized spacial score (nSPS) is 12.0. The molecule has 0 aromatic heterocycles. The molecule has 0 radical (unpaired) electrons.